The molecule has 0 saturated carbocycles. The van der Waals surface area contributed by atoms with Crippen LogP contribution in [0.3, 0.4) is 0 Å². The highest BCUT2D eigenvalue weighted by Crippen LogP contribution is 2.26. The Morgan fingerprint density at radius 3 is 2.37 bits per heavy atom. The topological polar surface area (TPSA) is 77.2 Å². The van der Waals surface area contributed by atoms with E-state index in [1.807, 2.05) is 91.9 Å². The highest BCUT2D eigenvalue weighted by atomic mass is 16.5. The largest absolute Gasteiger partial charge is 0.489 e. The molecule has 0 bridgehead atoms. The molecule has 5 aromatic rings. The van der Waals surface area contributed by atoms with Gasteiger partial charge in [-0.1, -0.05) is 60.7 Å². The molecule has 5 nitrogen and oxygen atoms in total. The number of anilines is 2. The molecule has 4 aromatic carbocycles. The molecule has 3 N–H and O–H groups in total. The van der Waals surface area contributed by atoms with Gasteiger partial charge in [-0.25, -0.2) is 0 Å². The molecule has 0 spiro atoms. The van der Waals surface area contributed by atoms with Crippen LogP contribution >= 0.6 is 0 Å². The second kappa shape index (κ2) is 9.69. The van der Waals surface area contributed by atoms with E-state index < -0.39 is 0 Å². The third-order valence-electron chi connectivity index (χ3n) is 5.84. The molecular weight excluding hydrogens is 434 g/mol. The van der Waals surface area contributed by atoms with E-state index in [1.165, 1.54) is 0 Å². The van der Waals surface area contributed by atoms with E-state index in [4.69, 9.17) is 10.5 Å². The summed E-state index contributed by atoms with van der Waals surface area (Å²) in [7, 11) is 0. The van der Waals surface area contributed by atoms with Crippen molar-refractivity contribution >= 4 is 28.2 Å². The van der Waals surface area contributed by atoms with Gasteiger partial charge in [-0.15, -0.1) is 0 Å². The summed E-state index contributed by atoms with van der Waals surface area (Å²) in [5, 5.41) is 3.79. The summed E-state index contributed by atoms with van der Waals surface area (Å²) in [4.78, 5) is 17.6. The Morgan fingerprint density at radius 2 is 1.57 bits per heavy atom. The summed E-state index contributed by atoms with van der Waals surface area (Å²) in [5.41, 5.74) is 12.7. The Kier molecular flexibility index (Phi) is 6.14. The number of nitrogen functional groups attached to an aromatic ring is 1. The fourth-order valence-corrected chi connectivity index (χ4v) is 4.07. The van der Waals surface area contributed by atoms with Crippen LogP contribution in [0.4, 0.5) is 11.4 Å². The lowest BCUT2D eigenvalue weighted by molar-refractivity contribution is 0.102. The number of carbonyl (C=O) groups is 1. The number of nitrogens with one attached hydrogen (secondary N) is 1. The van der Waals surface area contributed by atoms with Gasteiger partial charge in [0.2, 0.25) is 0 Å². The van der Waals surface area contributed by atoms with Crippen molar-refractivity contribution in [3.8, 4) is 16.9 Å². The van der Waals surface area contributed by atoms with Crippen LogP contribution in [0, 0.1) is 6.92 Å². The van der Waals surface area contributed by atoms with E-state index in [2.05, 4.69) is 22.4 Å². The zero-order valence-corrected chi connectivity index (χ0v) is 19.4. The van der Waals surface area contributed by atoms with Crippen molar-refractivity contribution in [1.82, 2.24) is 4.98 Å². The summed E-state index contributed by atoms with van der Waals surface area (Å²) in [6.07, 6.45) is 0. The molecule has 5 heteroatoms. The highest BCUT2D eigenvalue weighted by molar-refractivity contribution is 6.06. The molecule has 5 rings (SSSR count). The van der Waals surface area contributed by atoms with Crippen LogP contribution in [-0.2, 0) is 6.61 Å². The van der Waals surface area contributed by atoms with Crippen LogP contribution < -0.4 is 15.8 Å². The monoisotopic (exact) mass is 459 g/mol. The Labute approximate surface area is 204 Å². The number of pyridine rings is 1. The van der Waals surface area contributed by atoms with Crippen LogP contribution in [0.15, 0.2) is 103 Å². The molecule has 1 aromatic heterocycles. The Hall–Kier alpha value is -4.64. The average Bonchev–Trinajstić information content (AvgIpc) is 2.89. The van der Waals surface area contributed by atoms with E-state index in [-0.39, 0.29) is 12.5 Å². The second-order valence-electron chi connectivity index (χ2n) is 8.38. The Balaban J connectivity index is 1.30. The first-order valence-corrected chi connectivity index (χ1v) is 11.4. The summed E-state index contributed by atoms with van der Waals surface area (Å²) >= 11 is 0. The molecule has 0 saturated heterocycles. The lowest BCUT2D eigenvalue weighted by Crippen LogP contribution is -2.15. The summed E-state index contributed by atoms with van der Waals surface area (Å²) < 4.78 is 6.00. The van der Waals surface area contributed by atoms with Gasteiger partial charge in [-0.3, -0.25) is 9.78 Å². The van der Waals surface area contributed by atoms with Gasteiger partial charge >= 0.3 is 0 Å². The van der Waals surface area contributed by atoms with Crippen molar-refractivity contribution < 1.29 is 9.53 Å². The van der Waals surface area contributed by atoms with Crippen molar-refractivity contribution in [3.05, 3.63) is 120 Å². The number of hydrogen-bond donors (Lipinski definition) is 2. The Morgan fingerprint density at radius 1 is 0.857 bits per heavy atom. The van der Waals surface area contributed by atoms with Crippen LogP contribution in [0.2, 0.25) is 0 Å². The smallest absolute Gasteiger partial charge is 0.256 e. The third-order valence-corrected chi connectivity index (χ3v) is 5.84. The number of fused-ring (bicyclic) bond motifs is 1. The molecular formula is C30H25N3O2. The minimum absolute atomic E-state index is 0.207. The van der Waals surface area contributed by atoms with Crippen molar-refractivity contribution in [2.45, 2.75) is 13.5 Å². The molecule has 0 unspecified atom stereocenters. The number of nitrogens with zero attached hydrogens (tertiary/aromatic N) is 1. The van der Waals surface area contributed by atoms with Gasteiger partial charge in [0.1, 0.15) is 12.4 Å². The van der Waals surface area contributed by atoms with Crippen LogP contribution in [-0.4, -0.2) is 10.9 Å². The Bertz CT molecular complexity index is 1500. The van der Waals surface area contributed by atoms with Gasteiger partial charge in [0.05, 0.1) is 5.52 Å². The van der Waals surface area contributed by atoms with Crippen molar-refractivity contribution in [3.63, 3.8) is 0 Å². The maximum Gasteiger partial charge on any atom is 0.256 e. The lowest BCUT2D eigenvalue weighted by atomic mass is 10.1. The number of aryl methyl sites for hydroxylation is 1. The van der Waals surface area contributed by atoms with Crippen LogP contribution in [0.1, 0.15) is 21.6 Å². The van der Waals surface area contributed by atoms with Gasteiger partial charge in [-0.2, -0.15) is 0 Å². The number of amides is 1. The van der Waals surface area contributed by atoms with Crippen LogP contribution in [0.25, 0.3) is 22.0 Å². The number of hydrogen-bond acceptors (Lipinski definition) is 4. The maximum atomic E-state index is 13.1. The van der Waals surface area contributed by atoms with E-state index >= 15 is 0 Å². The molecule has 35 heavy (non-hydrogen) atoms. The predicted octanol–water partition coefficient (Wildman–Crippen LogP) is 6.62. The predicted molar refractivity (Wildman–Crippen MR) is 141 cm³/mol. The van der Waals surface area contributed by atoms with Gasteiger partial charge in [0.15, 0.2) is 0 Å². The number of nitrogens with two attached hydrogens (primary N) is 1. The van der Waals surface area contributed by atoms with Gasteiger partial charge in [0, 0.05) is 33.6 Å². The quantitative estimate of drug-likeness (QED) is 0.299. The molecule has 0 aliphatic heterocycles. The van der Waals surface area contributed by atoms with Crippen molar-refractivity contribution in [1.29, 1.82) is 0 Å². The first kappa shape index (κ1) is 22.2. The fourth-order valence-electron chi connectivity index (χ4n) is 4.07. The minimum Gasteiger partial charge on any atom is -0.489 e. The minimum atomic E-state index is -0.207. The SMILES string of the molecule is Cc1cc(N)c2cc(NC(=O)c3ccccc3COc3ccc(-c4ccccc4)cc3)ccc2n1. The molecule has 172 valence electrons. The first-order valence-electron chi connectivity index (χ1n) is 11.4. The number of carbonyl (C=O) groups excluding carboxylic acids is 1. The van der Waals surface area contributed by atoms with Gasteiger partial charge in [0.25, 0.3) is 5.91 Å². The van der Waals surface area contributed by atoms with Gasteiger partial charge < -0.3 is 15.8 Å². The molecule has 1 heterocycles. The van der Waals surface area contributed by atoms with E-state index in [1.54, 1.807) is 6.07 Å². The van der Waals surface area contributed by atoms with E-state index in [0.717, 1.165) is 39.0 Å². The second-order valence-corrected chi connectivity index (χ2v) is 8.38. The van der Waals surface area contributed by atoms with Crippen molar-refractivity contribution in [2.24, 2.45) is 0 Å². The number of benzene rings is 4. The number of aromatic nitrogens is 1. The molecule has 0 radical (unpaired) electrons. The fraction of sp³-hybridized carbons (Fsp3) is 0.0667. The zero-order valence-electron chi connectivity index (χ0n) is 19.4. The highest BCUT2D eigenvalue weighted by Gasteiger charge is 2.13. The number of rotatable bonds is 6. The molecule has 0 fully saturated rings. The third kappa shape index (κ3) is 4.99. The number of ether oxygens (including phenoxy) is 1. The summed E-state index contributed by atoms with van der Waals surface area (Å²) in [5.74, 6) is 0.536. The lowest BCUT2D eigenvalue weighted by Gasteiger charge is -2.13. The molecule has 0 aliphatic carbocycles. The molecule has 1 amide bonds. The maximum absolute atomic E-state index is 13.1. The summed E-state index contributed by atoms with van der Waals surface area (Å²) in [6, 6.07) is 33.0. The average molecular weight is 460 g/mol. The standard InChI is InChI=1S/C30H25N3O2/c1-20-17-28(31)27-18-24(13-16-29(27)32-20)33-30(34)26-10-6-5-9-23(26)19-35-25-14-11-22(12-15-25)21-7-3-2-4-8-21/h2-18H,19H2,1H3,(H2,31,32)(H,33,34). The van der Waals surface area contributed by atoms with Gasteiger partial charge in [-0.05, 0) is 60.5 Å². The molecule has 0 atom stereocenters. The van der Waals surface area contributed by atoms with Crippen LogP contribution in [0.5, 0.6) is 5.75 Å². The van der Waals surface area contributed by atoms with E-state index in [0.29, 0.717) is 16.9 Å². The van der Waals surface area contributed by atoms with E-state index in [9.17, 15) is 4.79 Å². The zero-order chi connectivity index (χ0) is 24.2. The molecule has 0 aliphatic rings. The summed E-state index contributed by atoms with van der Waals surface area (Å²) in [6.45, 7) is 2.18. The van der Waals surface area contributed by atoms with Crippen molar-refractivity contribution in [2.75, 3.05) is 11.1 Å². The first-order chi connectivity index (χ1) is 17.1. The normalized spacial score (nSPS) is 10.8.